The van der Waals surface area contributed by atoms with Crippen LogP contribution in [0.4, 0.5) is 5.69 Å². The van der Waals surface area contributed by atoms with Crippen molar-refractivity contribution in [2.24, 2.45) is 18.9 Å². The van der Waals surface area contributed by atoms with Crippen molar-refractivity contribution in [1.82, 2.24) is 14.8 Å². The molecule has 0 unspecified atom stereocenters. The van der Waals surface area contributed by atoms with Crippen LogP contribution < -0.4 is 10.6 Å². The summed E-state index contributed by atoms with van der Waals surface area (Å²) < 4.78 is 2.20. The number of amides is 1. The molecule has 0 radical (unpaired) electrons. The van der Waals surface area contributed by atoms with Gasteiger partial charge in [0.2, 0.25) is 0 Å². The lowest BCUT2D eigenvalue weighted by Crippen LogP contribution is -2.61. The van der Waals surface area contributed by atoms with Crippen molar-refractivity contribution in [1.29, 1.82) is 0 Å². The lowest BCUT2D eigenvalue weighted by atomic mass is 9.89. The number of carbonyl (C=O) groups is 1. The molecule has 1 aliphatic carbocycles. The zero-order valence-electron chi connectivity index (χ0n) is 14.5. The second-order valence-corrected chi connectivity index (χ2v) is 7.81. The Bertz CT molecular complexity index is 829. The number of para-hydroxylation sites is 1. The number of aryl methyl sites for hydroxylation is 1. The van der Waals surface area contributed by atoms with E-state index in [4.69, 9.17) is 0 Å². The molecule has 1 saturated carbocycles. The van der Waals surface area contributed by atoms with Crippen molar-refractivity contribution in [3.63, 3.8) is 0 Å². The second-order valence-electron chi connectivity index (χ2n) is 7.81. The molecule has 2 fully saturated rings. The molecule has 1 saturated heterocycles. The van der Waals surface area contributed by atoms with Crippen LogP contribution in [0, 0.1) is 11.8 Å². The van der Waals surface area contributed by atoms with Gasteiger partial charge in [0, 0.05) is 50.2 Å². The molecule has 5 rings (SSSR count). The summed E-state index contributed by atoms with van der Waals surface area (Å²) >= 11 is 0. The van der Waals surface area contributed by atoms with Crippen molar-refractivity contribution in [2.45, 2.75) is 25.0 Å². The molecule has 2 aromatic rings. The fourth-order valence-electron chi connectivity index (χ4n) is 5.07. The third-order valence-electron chi connectivity index (χ3n) is 6.36. The van der Waals surface area contributed by atoms with E-state index in [1.165, 1.54) is 12.1 Å². The quantitative estimate of drug-likeness (QED) is 0.885. The summed E-state index contributed by atoms with van der Waals surface area (Å²) in [6.07, 6.45) is 4.29. The molecule has 1 amide bonds. The fourth-order valence-corrected chi connectivity index (χ4v) is 5.07. The van der Waals surface area contributed by atoms with Crippen LogP contribution in [-0.4, -0.2) is 34.1 Å². The summed E-state index contributed by atoms with van der Waals surface area (Å²) in [6, 6.07) is 12.1. The maximum Gasteiger partial charge on any atom is 0.255 e. The van der Waals surface area contributed by atoms with Crippen LogP contribution in [0.1, 0.15) is 28.9 Å². The molecule has 3 aliphatic rings. The fraction of sp³-hybridized carbons (Fsp3) is 0.450. The molecular formula is C20H24N4O. The first kappa shape index (κ1) is 15.0. The van der Waals surface area contributed by atoms with E-state index in [-0.39, 0.29) is 11.6 Å². The van der Waals surface area contributed by atoms with Gasteiger partial charge in [-0.1, -0.05) is 12.1 Å². The summed E-state index contributed by atoms with van der Waals surface area (Å²) in [4.78, 5) is 15.2. The molecule has 1 aromatic heterocycles. The predicted molar refractivity (Wildman–Crippen MR) is 97.2 cm³/mol. The van der Waals surface area contributed by atoms with Gasteiger partial charge in [-0.3, -0.25) is 9.69 Å². The van der Waals surface area contributed by atoms with E-state index in [0.29, 0.717) is 11.8 Å². The lowest BCUT2D eigenvalue weighted by molar-refractivity contribution is 0.0871. The third-order valence-corrected chi connectivity index (χ3v) is 6.36. The standard InChI is InChI=1S/C20H24N4O/c1-23-10-4-5-15(23)12-24-11-14-8-9-20(17(14)13-24)21-18-7-3-2-6-16(18)19(25)22-20/h2-7,10,14,17,21H,8-9,11-13H2,1H3,(H,22,25)/t14-,17+,20+/m1/s1. The van der Waals surface area contributed by atoms with Gasteiger partial charge in [-0.15, -0.1) is 0 Å². The molecule has 1 aromatic carbocycles. The van der Waals surface area contributed by atoms with Crippen LogP contribution in [0.3, 0.4) is 0 Å². The normalized spacial score (nSPS) is 30.8. The van der Waals surface area contributed by atoms with E-state index in [0.717, 1.165) is 37.3 Å². The average Bonchev–Trinajstić information content (AvgIpc) is 3.27. The second kappa shape index (κ2) is 5.36. The van der Waals surface area contributed by atoms with E-state index in [1.54, 1.807) is 0 Å². The molecule has 3 heterocycles. The predicted octanol–water partition coefficient (Wildman–Crippen LogP) is 2.42. The Morgan fingerprint density at radius 3 is 2.88 bits per heavy atom. The minimum Gasteiger partial charge on any atom is -0.362 e. The average molecular weight is 336 g/mol. The summed E-state index contributed by atoms with van der Waals surface area (Å²) in [5.74, 6) is 1.18. The number of nitrogens with zero attached hydrogens (tertiary/aromatic N) is 2. The number of aromatic nitrogens is 1. The zero-order chi connectivity index (χ0) is 17.0. The van der Waals surface area contributed by atoms with Crippen LogP contribution in [-0.2, 0) is 13.6 Å². The number of hydrogen-bond acceptors (Lipinski definition) is 3. The van der Waals surface area contributed by atoms with Crippen LogP contribution >= 0.6 is 0 Å². The van der Waals surface area contributed by atoms with Gasteiger partial charge in [0.1, 0.15) is 5.66 Å². The molecule has 2 N–H and O–H groups in total. The SMILES string of the molecule is Cn1cccc1CN1C[C@H]2CC[C@]3(NC(=O)c4ccccc4N3)[C@H]2C1. The Kier molecular flexibility index (Phi) is 3.22. The number of fused-ring (bicyclic) bond motifs is 3. The highest BCUT2D eigenvalue weighted by Crippen LogP contribution is 2.47. The zero-order valence-corrected chi connectivity index (χ0v) is 14.5. The van der Waals surface area contributed by atoms with Crippen molar-refractivity contribution in [2.75, 3.05) is 18.4 Å². The Hall–Kier alpha value is -2.27. The van der Waals surface area contributed by atoms with Gasteiger partial charge < -0.3 is 15.2 Å². The Balaban J connectivity index is 1.39. The molecule has 130 valence electrons. The number of rotatable bonds is 2. The van der Waals surface area contributed by atoms with E-state index < -0.39 is 0 Å². The third kappa shape index (κ3) is 2.29. The monoisotopic (exact) mass is 336 g/mol. The molecule has 5 heteroatoms. The van der Waals surface area contributed by atoms with Gasteiger partial charge in [-0.25, -0.2) is 0 Å². The summed E-state index contributed by atoms with van der Waals surface area (Å²) in [5, 5.41) is 7.03. The molecular weight excluding hydrogens is 312 g/mol. The molecule has 2 aliphatic heterocycles. The Labute approximate surface area is 148 Å². The van der Waals surface area contributed by atoms with Crippen LogP contribution in [0.25, 0.3) is 0 Å². The van der Waals surface area contributed by atoms with Crippen LogP contribution in [0.5, 0.6) is 0 Å². The number of likely N-dealkylation sites (tertiary alicyclic amines) is 1. The number of carbonyl (C=O) groups excluding carboxylic acids is 1. The maximum absolute atomic E-state index is 12.6. The number of nitrogens with one attached hydrogen (secondary N) is 2. The van der Waals surface area contributed by atoms with E-state index in [1.807, 2.05) is 24.3 Å². The van der Waals surface area contributed by atoms with Gasteiger partial charge in [0.05, 0.1) is 5.56 Å². The molecule has 5 nitrogen and oxygen atoms in total. The molecule has 3 atom stereocenters. The minimum absolute atomic E-state index is 0.0656. The summed E-state index contributed by atoms with van der Waals surface area (Å²) in [5.41, 5.74) is 2.81. The highest BCUT2D eigenvalue weighted by atomic mass is 16.2. The lowest BCUT2D eigenvalue weighted by Gasteiger charge is -2.42. The van der Waals surface area contributed by atoms with Crippen molar-refractivity contribution in [3.05, 3.63) is 53.9 Å². The minimum atomic E-state index is -0.279. The van der Waals surface area contributed by atoms with Crippen LogP contribution in [0.2, 0.25) is 0 Å². The topological polar surface area (TPSA) is 49.3 Å². The van der Waals surface area contributed by atoms with E-state index in [9.17, 15) is 4.79 Å². The van der Waals surface area contributed by atoms with Gasteiger partial charge in [0.25, 0.3) is 5.91 Å². The summed E-state index contributed by atoms with van der Waals surface area (Å²) in [7, 11) is 2.10. The van der Waals surface area contributed by atoms with Crippen molar-refractivity contribution in [3.8, 4) is 0 Å². The smallest absolute Gasteiger partial charge is 0.255 e. The number of hydrogen-bond donors (Lipinski definition) is 2. The highest BCUT2D eigenvalue weighted by molar-refractivity contribution is 6.02. The first-order chi connectivity index (χ1) is 12.1. The van der Waals surface area contributed by atoms with Crippen molar-refractivity contribution >= 4 is 11.6 Å². The van der Waals surface area contributed by atoms with E-state index in [2.05, 4.69) is 45.5 Å². The first-order valence-corrected chi connectivity index (χ1v) is 9.17. The van der Waals surface area contributed by atoms with Crippen molar-refractivity contribution < 1.29 is 4.79 Å². The summed E-state index contributed by atoms with van der Waals surface area (Å²) in [6.45, 7) is 3.14. The largest absolute Gasteiger partial charge is 0.362 e. The Morgan fingerprint density at radius 1 is 1.16 bits per heavy atom. The van der Waals surface area contributed by atoms with Gasteiger partial charge in [-0.05, 0) is 43.0 Å². The molecule has 25 heavy (non-hydrogen) atoms. The van der Waals surface area contributed by atoms with Gasteiger partial charge in [0.15, 0.2) is 0 Å². The number of anilines is 1. The molecule has 0 bridgehead atoms. The van der Waals surface area contributed by atoms with Gasteiger partial charge >= 0.3 is 0 Å². The maximum atomic E-state index is 12.6. The highest BCUT2D eigenvalue weighted by Gasteiger charge is 2.54. The van der Waals surface area contributed by atoms with E-state index >= 15 is 0 Å². The van der Waals surface area contributed by atoms with Gasteiger partial charge in [-0.2, -0.15) is 0 Å². The number of benzene rings is 1. The van der Waals surface area contributed by atoms with Crippen LogP contribution in [0.15, 0.2) is 42.6 Å². The molecule has 1 spiro atoms. The Morgan fingerprint density at radius 2 is 2.04 bits per heavy atom. The first-order valence-electron chi connectivity index (χ1n) is 9.17.